The maximum Gasteiger partial charge on any atom is 0.00700 e. The molecule has 2 atom stereocenters. The quantitative estimate of drug-likeness (QED) is 0.602. The van der Waals surface area contributed by atoms with Gasteiger partial charge in [0.05, 0.1) is 0 Å². The molecule has 1 saturated carbocycles. The van der Waals surface area contributed by atoms with Gasteiger partial charge in [0.15, 0.2) is 0 Å². The third-order valence-corrected chi connectivity index (χ3v) is 4.44. The van der Waals surface area contributed by atoms with Crippen molar-refractivity contribution in [1.82, 2.24) is 5.32 Å². The number of nitrogens with one attached hydrogen (secondary N) is 1. The molecule has 1 N–H and O–H groups in total. The third kappa shape index (κ3) is 5.90. The summed E-state index contributed by atoms with van der Waals surface area (Å²) in [5.74, 6) is 0.996. The molecule has 0 radical (unpaired) electrons. The SMILES string of the molecule is CCCCCC(C)(C)CNC1CCC(CC)C1. The molecular formula is C16H33N. The van der Waals surface area contributed by atoms with E-state index in [1.54, 1.807) is 0 Å². The van der Waals surface area contributed by atoms with Gasteiger partial charge in [-0.2, -0.15) is 0 Å². The Labute approximate surface area is 109 Å². The lowest BCUT2D eigenvalue weighted by Crippen LogP contribution is -2.35. The van der Waals surface area contributed by atoms with Crippen LogP contribution in [0.15, 0.2) is 0 Å². The van der Waals surface area contributed by atoms with E-state index < -0.39 is 0 Å². The first-order valence-corrected chi connectivity index (χ1v) is 7.80. The van der Waals surface area contributed by atoms with Gasteiger partial charge < -0.3 is 5.32 Å². The number of hydrogen-bond acceptors (Lipinski definition) is 1. The molecule has 1 heteroatoms. The van der Waals surface area contributed by atoms with Crippen LogP contribution in [-0.4, -0.2) is 12.6 Å². The van der Waals surface area contributed by atoms with Crippen LogP contribution in [0.1, 0.15) is 79.1 Å². The van der Waals surface area contributed by atoms with E-state index in [0.29, 0.717) is 5.41 Å². The second kappa shape index (κ2) is 7.41. The number of rotatable bonds is 8. The molecule has 1 aliphatic carbocycles. The molecule has 17 heavy (non-hydrogen) atoms. The van der Waals surface area contributed by atoms with Crippen LogP contribution in [0.5, 0.6) is 0 Å². The smallest absolute Gasteiger partial charge is 0.00700 e. The molecule has 0 bridgehead atoms. The van der Waals surface area contributed by atoms with Crippen molar-refractivity contribution in [3.63, 3.8) is 0 Å². The van der Waals surface area contributed by atoms with Gasteiger partial charge in [-0.25, -0.2) is 0 Å². The summed E-state index contributed by atoms with van der Waals surface area (Å²) >= 11 is 0. The van der Waals surface area contributed by atoms with Crippen LogP contribution in [0, 0.1) is 11.3 Å². The molecule has 0 saturated heterocycles. The zero-order valence-corrected chi connectivity index (χ0v) is 12.5. The van der Waals surface area contributed by atoms with Gasteiger partial charge >= 0.3 is 0 Å². The summed E-state index contributed by atoms with van der Waals surface area (Å²) in [5.41, 5.74) is 0.486. The molecule has 0 aromatic carbocycles. The Kier molecular flexibility index (Phi) is 6.54. The third-order valence-electron chi connectivity index (χ3n) is 4.44. The van der Waals surface area contributed by atoms with Gasteiger partial charge in [0, 0.05) is 12.6 Å². The zero-order valence-electron chi connectivity index (χ0n) is 12.5. The normalized spacial score (nSPS) is 25.4. The van der Waals surface area contributed by atoms with Crippen LogP contribution >= 0.6 is 0 Å². The topological polar surface area (TPSA) is 12.0 Å². The average Bonchev–Trinajstić information content (AvgIpc) is 2.75. The van der Waals surface area contributed by atoms with Gasteiger partial charge in [-0.05, 0) is 37.0 Å². The first-order valence-electron chi connectivity index (χ1n) is 7.80. The molecule has 1 fully saturated rings. The van der Waals surface area contributed by atoms with E-state index in [4.69, 9.17) is 0 Å². The first kappa shape index (κ1) is 15.0. The van der Waals surface area contributed by atoms with Crippen LogP contribution in [0.2, 0.25) is 0 Å². The van der Waals surface area contributed by atoms with Crippen molar-refractivity contribution >= 4 is 0 Å². The van der Waals surface area contributed by atoms with Gasteiger partial charge in [-0.3, -0.25) is 0 Å². The average molecular weight is 239 g/mol. The van der Waals surface area contributed by atoms with Gasteiger partial charge in [0.25, 0.3) is 0 Å². The fraction of sp³-hybridized carbons (Fsp3) is 1.00. The zero-order chi connectivity index (χ0) is 12.7. The standard InChI is InChI=1S/C16H33N/c1-5-7-8-11-16(3,4)13-17-15-10-9-14(6-2)12-15/h14-15,17H,5-13H2,1-4H3. The van der Waals surface area contributed by atoms with Crippen molar-refractivity contribution in [2.24, 2.45) is 11.3 Å². The van der Waals surface area contributed by atoms with E-state index in [1.165, 1.54) is 57.9 Å². The van der Waals surface area contributed by atoms with Crippen LogP contribution in [-0.2, 0) is 0 Å². The van der Waals surface area contributed by atoms with E-state index >= 15 is 0 Å². The van der Waals surface area contributed by atoms with Crippen LogP contribution in [0.25, 0.3) is 0 Å². The highest BCUT2D eigenvalue weighted by atomic mass is 14.9. The van der Waals surface area contributed by atoms with E-state index in [9.17, 15) is 0 Å². The lowest BCUT2D eigenvalue weighted by molar-refractivity contribution is 0.285. The molecule has 0 spiro atoms. The molecule has 1 rings (SSSR count). The largest absolute Gasteiger partial charge is 0.313 e. The van der Waals surface area contributed by atoms with E-state index in [0.717, 1.165) is 12.0 Å². The first-order chi connectivity index (χ1) is 8.07. The highest BCUT2D eigenvalue weighted by Crippen LogP contribution is 2.29. The summed E-state index contributed by atoms with van der Waals surface area (Å²) in [4.78, 5) is 0. The maximum atomic E-state index is 3.81. The Hall–Kier alpha value is -0.0400. The molecule has 0 aromatic rings. The van der Waals surface area contributed by atoms with Crippen molar-refractivity contribution in [2.75, 3.05) is 6.54 Å². The summed E-state index contributed by atoms with van der Waals surface area (Å²) in [7, 11) is 0. The Morgan fingerprint density at radius 1 is 1.12 bits per heavy atom. The minimum Gasteiger partial charge on any atom is -0.313 e. The van der Waals surface area contributed by atoms with Crippen molar-refractivity contribution < 1.29 is 0 Å². The predicted octanol–water partition coefficient (Wildman–Crippen LogP) is 4.76. The summed E-state index contributed by atoms with van der Waals surface area (Å²) in [5, 5.41) is 3.81. The van der Waals surface area contributed by atoms with Gasteiger partial charge in [-0.1, -0.05) is 53.4 Å². The predicted molar refractivity (Wildman–Crippen MR) is 77.3 cm³/mol. The Bertz CT molecular complexity index is 198. The van der Waals surface area contributed by atoms with Crippen LogP contribution in [0.3, 0.4) is 0 Å². The Morgan fingerprint density at radius 2 is 1.88 bits per heavy atom. The van der Waals surface area contributed by atoms with Crippen molar-refractivity contribution in [1.29, 1.82) is 0 Å². The van der Waals surface area contributed by atoms with Crippen LogP contribution < -0.4 is 5.32 Å². The Morgan fingerprint density at radius 3 is 2.47 bits per heavy atom. The molecule has 2 unspecified atom stereocenters. The highest BCUT2D eigenvalue weighted by molar-refractivity contribution is 4.82. The molecule has 102 valence electrons. The summed E-state index contributed by atoms with van der Waals surface area (Å²) < 4.78 is 0. The summed E-state index contributed by atoms with van der Waals surface area (Å²) in [6.45, 7) is 10.7. The number of hydrogen-bond donors (Lipinski definition) is 1. The summed E-state index contributed by atoms with van der Waals surface area (Å²) in [6.07, 6.45) is 11.1. The van der Waals surface area contributed by atoms with Gasteiger partial charge in [0.1, 0.15) is 0 Å². The van der Waals surface area contributed by atoms with Gasteiger partial charge in [-0.15, -0.1) is 0 Å². The molecule has 0 heterocycles. The van der Waals surface area contributed by atoms with E-state index in [2.05, 4.69) is 33.0 Å². The molecule has 1 nitrogen and oxygen atoms in total. The van der Waals surface area contributed by atoms with Crippen molar-refractivity contribution in [3.05, 3.63) is 0 Å². The second-order valence-electron chi connectivity index (χ2n) is 6.79. The highest BCUT2D eigenvalue weighted by Gasteiger charge is 2.25. The molecule has 0 aliphatic heterocycles. The monoisotopic (exact) mass is 239 g/mol. The fourth-order valence-electron chi connectivity index (χ4n) is 2.99. The minimum absolute atomic E-state index is 0.486. The van der Waals surface area contributed by atoms with Gasteiger partial charge in [0.2, 0.25) is 0 Å². The lowest BCUT2D eigenvalue weighted by Gasteiger charge is -2.27. The fourth-order valence-corrected chi connectivity index (χ4v) is 2.99. The number of unbranched alkanes of at least 4 members (excludes halogenated alkanes) is 2. The van der Waals surface area contributed by atoms with E-state index in [1.807, 2.05) is 0 Å². The van der Waals surface area contributed by atoms with Crippen LogP contribution in [0.4, 0.5) is 0 Å². The molecule has 0 aromatic heterocycles. The molecular weight excluding hydrogens is 206 g/mol. The maximum absolute atomic E-state index is 3.81. The van der Waals surface area contributed by atoms with E-state index in [-0.39, 0.29) is 0 Å². The van der Waals surface area contributed by atoms with Crippen molar-refractivity contribution in [3.8, 4) is 0 Å². The van der Waals surface area contributed by atoms with Crippen molar-refractivity contribution in [2.45, 2.75) is 85.1 Å². The molecule has 0 amide bonds. The molecule has 1 aliphatic rings. The second-order valence-corrected chi connectivity index (χ2v) is 6.79. The lowest BCUT2D eigenvalue weighted by atomic mass is 9.86. The summed E-state index contributed by atoms with van der Waals surface area (Å²) in [6, 6.07) is 0.811. The minimum atomic E-state index is 0.486. The Balaban J connectivity index is 2.16.